The van der Waals surface area contributed by atoms with E-state index in [2.05, 4.69) is 5.32 Å². The van der Waals surface area contributed by atoms with Gasteiger partial charge in [-0.2, -0.15) is 11.8 Å². The van der Waals surface area contributed by atoms with Crippen molar-refractivity contribution in [3.63, 3.8) is 0 Å². The Kier molecular flexibility index (Phi) is 5.58. The van der Waals surface area contributed by atoms with Crippen LogP contribution in [0.1, 0.15) is 32.6 Å². The third kappa shape index (κ3) is 3.37. The van der Waals surface area contributed by atoms with Gasteiger partial charge in [-0.3, -0.25) is 4.79 Å². The van der Waals surface area contributed by atoms with Gasteiger partial charge in [0, 0.05) is 11.9 Å². The normalized spacial score (nSPS) is 29.5. The van der Waals surface area contributed by atoms with E-state index in [1.165, 1.54) is 0 Å². The molecule has 1 amide bonds. The number of likely N-dealkylation sites (N-methyl/N-ethyl adjacent to an activating group) is 1. The molecule has 2 atom stereocenters. The van der Waals surface area contributed by atoms with Gasteiger partial charge in [-0.25, -0.2) is 0 Å². The Hall–Kier alpha value is -0.260. The molecule has 4 nitrogen and oxygen atoms in total. The zero-order chi connectivity index (χ0) is 12.0. The quantitative estimate of drug-likeness (QED) is 0.571. The highest BCUT2D eigenvalue weighted by atomic mass is 32.2. The highest BCUT2D eigenvalue weighted by Gasteiger charge is 2.43. The maximum atomic E-state index is 11.5. The van der Waals surface area contributed by atoms with E-state index in [0.717, 1.165) is 38.0 Å². The Morgan fingerprint density at radius 3 is 3.00 bits per heavy atom. The van der Waals surface area contributed by atoms with Crippen LogP contribution >= 0.6 is 11.8 Å². The summed E-state index contributed by atoms with van der Waals surface area (Å²) in [5.74, 6) is 0.738. The summed E-state index contributed by atoms with van der Waals surface area (Å²) in [6.07, 6.45) is 3.53. The maximum Gasteiger partial charge on any atom is 0.237 e. The van der Waals surface area contributed by atoms with Gasteiger partial charge >= 0.3 is 0 Å². The molecule has 1 saturated carbocycles. The van der Waals surface area contributed by atoms with E-state index in [0.29, 0.717) is 5.25 Å². The highest BCUT2D eigenvalue weighted by molar-refractivity contribution is 7.99. The van der Waals surface area contributed by atoms with E-state index in [-0.39, 0.29) is 12.5 Å². The molecular formula is C11H22N2O2S. The Bertz CT molecular complexity index is 238. The van der Waals surface area contributed by atoms with Crippen molar-refractivity contribution in [2.24, 2.45) is 5.73 Å². The topological polar surface area (TPSA) is 75.3 Å². The minimum Gasteiger partial charge on any atom is -0.396 e. The molecule has 0 saturated heterocycles. The molecule has 0 bridgehead atoms. The second kappa shape index (κ2) is 6.47. The average molecular weight is 246 g/mol. The fourth-order valence-corrected chi connectivity index (χ4v) is 3.58. The first-order valence-electron chi connectivity index (χ1n) is 5.92. The van der Waals surface area contributed by atoms with E-state index < -0.39 is 5.54 Å². The fourth-order valence-electron chi connectivity index (χ4n) is 2.27. The molecule has 0 aromatic carbocycles. The van der Waals surface area contributed by atoms with Crippen molar-refractivity contribution in [2.45, 2.75) is 43.4 Å². The number of thioether (sulfide) groups is 1. The average Bonchev–Trinajstić information content (AvgIpc) is 2.64. The molecule has 5 heteroatoms. The van der Waals surface area contributed by atoms with Crippen LogP contribution in [0.15, 0.2) is 0 Å². The lowest BCUT2D eigenvalue weighted by atomic mass is 9.97. The molecule has 0 aromatic rings. The summed E-state index contributed by atoms with van der Waals surface area (Å²) >= 11 is 1.85. The van der Waals surface area contributed by atoms with E-state index >= 15 is 0 Å². The van der Waals surface area contributed by atoms with Gasteiger partial charge in [0.15, 0.2) is 0 Å². The van der Waals surface area contributed by atoms with Gasteiger partial charge in [0.05, 0.1) is 5.54 Å². The van der Waals surface area contributed by atoms with E-state index in [4.69, 9.17) is 10.8 Å². The van der Waals surface area contributed by atoms with Crippen molar-refractivity contribution in [1.82, 2.24) is 5.32 Å². The molecule has 0 spiro atoms. The minimum atomic E-state index is -0.481. The fraction of sp³-hybridized carbons (Fsp3) is 0.909. The molecule has 1 fully saturated rings. The molecule has 0 radical (unpaired) electrons. The smallest absolute Gasteiger partial charge is 0.237 e. The lowest BCUT2D eigenvalue weighted by Gasteiger charge is -2.26. The molecule has 1 rings (SSSR count). The Balaban J connectivity index is 2.43. The molecule has 0 aliphatic heterocycles. The minimum absolute atomic E-state index is 0.223. The zero-order valence-electron chi connectivity index (χ0n) is 9.87. The molecule has 0 heterocycles. The van der Waals surface area contributed by atoms with Crippen LogP contribution in [0.25, 0.3) is 0 Å². The van der Waals surface area contributed by atoms with Crippen LogP contribution in [0, 0.1) is 0 Å². The second-order valence-electron chi connectivity index (χ2n) is 4.29. The summed E-state index contributed by atoms with van der Waals surface area (Å²) in [4.78, 5) is 11.5. The van der Waals surface area contributed by atoms with E-state index in [1.807, 2.05) is 18.7 Å². The number of nitrogens with two attached hydrogens (primary N) is 1. The Labute approximate surface area is 101 Å². The molecule has 2 unspecified atom stereocenters. The molecule has 1 aliphatic rings. The highest BCUT2D eigenvalue weighted by Crippen LogP contribution is 2.37. The molecule has 16 heavy (non-hydrogen) atoms. The zero-order valence-corrected chi connectivity index (χ0v) is 10.7. The first-order chi connectivity index (χ1) is 7.64. The molecule has 0 aromatic heterocycles. The van der Waals surface area contributed by atoms with E-state index in [9.17, 15) is 4.79 Å². The van der Waals surface area contributed by atoms with Crippen molar-refractivity contribution in [3.05, 3.63) is 0 Å². The lowest BCUT2D eigenvalue weighted by molar-refractivity contribution is -0.124. The molecule has 4 N–H and O–H groups in total. The first-order valence-corrected chi connectivity index (χ1v) is 6.97. The lowest BCUT2D eigenvalue weighted by Crippen LogP contribution is -2.53. The van der Waals surface area contributed by atoms with Crippen molar-refractivity contribution >= 4 is 17.7 Å². The van der Waals surface area contributed by atoms with Gasteiger partial charge in [-0.05, 0) is 38.0 Å². The molecular weight excluding hydrogens is 224 g/mol. The van der Waals surface area contributed by atoms with Crippen LogP contribution in [-0.2, 0) is 4.79 Å². The standard InChI is InChI=1S/C11H22N2O2S/c1-2-13-11(10(12)15)5-4-9(8-11)16-7-3-6-14/h9,13-14H,2-8H2,1H3,(H2,12,15). The number of hydrogen-bond donors (Lipinski definition) is 3. The maximum absolute atomic E-state index is 11.5. The van der Waals surface area contributed by atoms with Crippen LogP contribution in [-0.4, -0.2) is 40.7 Å². The van der Waals surface area contributed by atoms with Crippen LogP contribution in [0.4, 0.5) is 0 Å². The summed E-state index contributed by atoms with van der Waals surface area (Å²) in [5, 5.41) is 12.5. The van der Waals surface area contributed by atoms with Crippen LogP contribution in [0.5, 0.6) is 0 Å². The van der Waals surface area contributed by atoms with Gasteiger partial charge in [0.25, 0.3) is 0 Å². The molecule has 1 aliphatic carbocycles. The van der Waals surface area contributed by atoms with Crippen molar-refractivity contribution < 1.29 is 9.90 Å². The number of primary amides is 1. The third-order valence-corrected chi connectivity index (χ3v) is 4.51. The number of aliphatic hydroxyl groups excluding tert-OH is 1. The summed E-state index contributed by atoms with van der Waals surface area (Å²) in [5.41, 5.74) is 5.00. The number of hydrogen-bond acceptors (Lipinski definition) is 4. The van der Waals surface area contributed by atoms with Gasteiger partial charge in [0.1, 0.15) is 0 Å². The predicted molar refractivity (Wildman–Crippen MR) is 67.4 cm³/mol. The predicted octanol–water partition coefficient (Wildman–Crippen LogP) is 0.488. The number of carbonyl (C=O) groups is 1. The van der Waals surface area contributed by atoms with Crippen molar-refractivity contribution in [2.75, 3.05) is 18.9 Å². The van der Waals surface area contributed by atoms with Crippen LogP contribution < -0.4 is 11.1 Å². The Morgan fingerprint density at radius 1 is 1.69 bits per heavy atom. The number of rotatable bonds is 7. The third-order valence-electron chi connectivity index (χ3n) is 3.11. The van der Waals surface area contributed by atoms with Gasteiger partial charge in [0.2, 0.25) is 5.91 Å². The number of amides is 1. The SMILES string of the molecule is CCNC1(C(N)=O)CCC(SCCCO)C1. The van der Waals surface area contributed by atoms with Crippen LogP contribution in [0.3, 0.4) is 0 Å². The Morgan fingerprint density at radius 2 is 2.44 bits per heavy atom. The summed E-state index contributed by atoms with van der Waals surface area (Å²) in [6.45, 7) is 3.02. The second-order valence-corrected chi connectivity index (χ2v) is 5.70. The summed E-state index contributed by atoms with van der Waals surface area (Å²) in [6, 6.07) is 0. The van der Waals surface area contributed by atoms with Crippen LogP contribution in [0.2, 0.25) is 0 Å². The monoisotopic (exact) mass is 246 g/mol. The first kappa shape index (κ1) is 13.8. The van der Waals surface area contributed by atoms with Crippen molar-refractivity contribution in [3.8, 4) is 0 Å². The summed E-state index contributed by atoms with van der Waals surface area (Å²) < 4.78 is 0. The van der Waals surface area contributed by atoms with Gasteiger partial charge in [-0.15, -0.1) is 0 Å². The number of nitrogens with one attached hydrogen (secondary N) is 1. The number of aliphatic hydroxyl groups is 1. The van der Waals surface area contributed by atoms with E-state index in [1.54, 1.807) is 0 Å². The van der Waals surface area contributed by atoms with Crippen molar-refractivity contribution in [1.29, 1.82) is 0 Å². The van der Waals surface area contributed by atoms with Gasteiger partial charge in [-0.1, -0.05) is 6.92 Å². The largest absolute Gasteiger partial charge is 0.396 e. The number of carbonyl (C=O) groups excluding carboxylic acids is 1. The summed E-state index contributed by atoms with van der Waals surface area (Å²) in [7, 11) is 0. The van der Waals surface area contributed by atoms with Gasteiger partial charge < -0.3 is 16.2 Å². The molecule has 94 valence electrons.